The van der Waals surface area contributed by atoms with Crippen molar-refractivity contribution in [2.75, 3.05) is 6.61 Å². The summed E-state index contributed by atoms with van der Waals surface area (Å²) in [5.74, 6) is -0.0516. The topological polar surface area (TPSA) is 69.6 Å². The maximum absolute atomic E-state index is 12.6. The van der Waals surface area contributed by atoms with Gasteiger partial charge in [0.25, 0.3) is 0 Å². The molecule has 0 radical (unpaired) electrons. The van der Waals surface area contributed by atoms with Crippen LogP contribution < -0.4 is 5.32 Å². The molecule has 0 fully saturated rings. The van der Waals surface area contributed by atoms with E-state index in [-0.39, 0.29) is 12.5 Å². The fourth-order valence-electron chi connectivity index (χ4n) is 13.2. The fourth-order valence-corrected chi connectivity index (χ4v) is 13.2. The number of hydrogen-bond donors (Lipinski definition) is 3. The van der Waals surface area contributed by atoms with Gasteiger partial charge in [-0.05, 0) is 19.3 Å². The highest BCUT2D eigenvalue weighted by Gasteiger charge is 2.18. The van der Waals surface area contributed by atoms with Gasteiger partial charge in [0, 0.05) is 6.42 Å². The van der Waals surface area contributed by atoms with Gasteiger partial charge in [0.1, 0.15) is 0 Å². The average Bonchev–Trinajstić information content (AvgIpc) is 3.51. The number of hydrogen-bond acceptors (Lipinski definition) is 3. The summed E-state index contributed by atoms with van der Waals surface area (Å²) in [6.45, 7) is 4.38. The van der Waals surface area contributed by atoms with Crippen LogP contribution in [0.25, 0.3) is 0 Å². The largest absolute Gasteiger partial charge is 0.394 e. The highest BCUT2D eigenvalue weighted by Crippen LogP contribution is 2.21. The molecule has 3 N–H and O–H groups in total. The smallest absolute Gasteiger partial charge is 0.220 e. The van der Waals surface area contributed by atoms with E-state index in [4.69, 9.17) is 0 Å². The van der Waals surface area contributed by atoms with E-state index < -0.39 is 12.1 Å². The van der Waals surface area contributed by atoms with E-state index in [1.54, 1.807) is 6.08 Å². The molecule has 0 aliphatic carbocycles. The first-order valence-electron chi connectivity index (χ1n) is 39.9. The normalized spacial score (nSPS) is 12.6. The van der Waals surface area contributed by atoms with Crippen molar-refractivity contribution in [2.24, 2.45) is 0 Å². The van der Waals surface area contributed by atoms with Gasteiger partial charge >= 0.3 is 0 Å². The molecule has 2 atom stereocenters. The number of aliphatic hydroxyl groups is 2. The van der Waals surface area contributed by atoms with Gasteiger partial charge in [0.15, 0.2) is 0 Å². The Morgan fingerprint density at radius 2 is 0.440 bits per heavy atom. The molecule has 4 heteroatoms. The van der Waals surface area contributed by atoms with Gasteiger partial charge in [-0.25, -0.2) is 0 Å². The molecule has 0 saturated carbocycles. The molecule has 0 aromatic rings. The van der Waals surface area contributed by atoms with Gasteiger partial charge in [-0.2, -0.15) is 0 Å². The van der Waals surface area contributed by atoms with Crippen molar-refractivity contribution < 1.29 is 15.0 Å². The Morgan fingerprint density at radius 3 is 0.619 bits per heavy atom. The van der Waals surface area contributed by atoms with Crippen LogP contribution in [-0.2, 0) is 4.79 Å². The highest BCUT2D eigenvalue weighted by atomic mass is 16.3. The molecule has 0 spiro atoms. The van der Waals surface area contributed by atoms with E-state index in [0.717, 1.165) is 25.7 Å². The number of unbranched alkanes of at least 4 members (excludes halogenated alkanes) is 69. The van der Waals surface area contributed by atoms with Gasteiger partial charge in [0.05, 0.1) is 18.8 Å². The van der Waals surface area contributed by atoms with Gasteiger partial charge in [-0.1, -0.05) is 463 Å². The summed E-state index contributed by atoms with van der Waals surface area (Å²) in [7, 11) is 0. The number of carbonyl (C=O) groups excluding carboxylic acids is 1. The van der Waals surface area contributed by atoms with E-state index in [0.29, 0.717) is 6.42 Å². The van der Waals surface area contributed by atoms with E-state index >= 15 is 0 Å². The van der Waals surface area contributed by atoms with E-state index in [1.807, 2.05) is 6.08 Å². The predicted octanol–water partition coefficient (Wildman–Crippen LogP) is 27.5. The Hall–Kier alpha value is -0.870. The van der Waals surface area contributed by atoms with Crippen LogP contribution in [0.1, 0.15) is 476 Å². The summed E-state index contributed by atoms with van der Waals surface area (Å²) in [5, 5.41) is 23.4. The Labute approximate surface area is 530 Å². The van der Waals surface area contributed by atoms with Gasteiger partial charge < -0.3 is 15.5 Å². The second kappa shape index (κ2) is 76.4. The molecule has 84 heavy (non-hydrogen) atoms. The number of rotatable bonds is 76. The number of aliphatic hydroxyl groups excluding tert-OH is 2. The number of allylic oxidation sites excluding steroid dienone is 1. The van der Waals surface area contributed by atoms with Crippen LogP contribution in [-0.4, -0.2) is 34.9 Å². The van der Waals surface area contributed by atoms with Gasteiger partial charge in [0.2, 0.25) is 5.91 Å². The molecule has 0 bridgehead atoms. The minimum atomic E-state index is -0.838. The summed E-state index contributed by atoms with van der Waals surface area (Å²) in [5.41, 5.74) is 0. The summed E-state index contributed by atoms with van der Waals surface area (Å²) in [6, 6.07) is -0.621. The molecule has 1 amide bonds. The van der Waals surface area contributed by atoms with Gasteiger partial charge in [-0.15, -0.1) is 0 Å². The second-order valence-electron chi connectivity index (χ2n) is 27.9. The third-order valence-corrected chi connectivity index (χ3v) is 19.3. The molecule has 0 saturated heterocycles. The summed E-state index contributed by atoms with van der Waals surface area (Å²) in [6.07, 6.45) is 104. The fraction of sp³-hybridized carbons (Fsp3) is 0.963. The standard InChI is InChI=1S/C80H159NO3/c1-3-5-7-9-11-13-15-17-19-21-23-25-27-29-31-33-35-37-38-39-40-41-42-44-46-48-50-52-54-56-58-60-62-64-66-68-70-72-74-76-80(84)81-78(77-82)79(83)75-73-71-69-67-65-63-61-59-57-55-53-51-49-47-45-43-36-34-32-30-28-26-24-22-20-18-16-14-12-10-8-6-4-2/h73,75,78-79,82-83H,3-72,74,76-77H2,1-2H3,(H,81,84)/b75-73+. The second-order valence-corrected chi connectivity index (χ2v) is 27.9. The van der Waals surface area contributed by atoms with Crippen molar-refractivity contribution in [3.8, 4) is 0 Å². The molecule has 0 aliphatic rings. The first kappa shape index (κ1) is 83.1. The summed E-state index contributed by atoms with van der Waals surface area (Å²) < 4.78 is 0. The molecule has 502 valence electrons. The van der Waals surface area contributed by atoms with E-state index in [2.05, 4.69) is 19.2 Å². The number of nitrogens with one attached hydrogen (secondary N) is 1. The Bertz CT molecular complexity index is 1200. The molecular weight excluding hydrogens is 1020 g/mol. The first-order chi connectivity index (χ1) is 41.7. The third-order valence-electron chi connectivity index (χ3n) is 19.3. The van der Waals surface area contributed by atoms with Crippen molar-refractivity contribution in [3.05, 3.63) is 12.2 Å². The molecule has 2 unspecified atom stereocenters. The number of amides is 1. The first-order valence-corrected chi connectivity index (χ1v) is 39.9. The summed E-state index contributed by atoms with van der Waals surface area (Å²) in [4.78, 5) is 12.6. The zero-order valence-corrected chi connectivity index (χ0v) is 58.2. The Balaban J connectivity index is 3.36. The summed E-state index contributed by atoms with van der Waals surface area (Å²) >= 11 is 0. The Kier molecular flexibility index (Phi) is 75.6. The van der Waals surface area contributed by atoms with Crippen LogP contribution in [0.4, 0.5) is 0 Å². The molecule has 0 rings (SSSR count). The van der Waals surface area contributed by atoms with Crippen LogP contribution in [0.3, 0.4) is 0 Å². The van der Waals surface area contributed by atoms with Crippen molar-refractivity contribution in [1.82, 2.24) is 5.32 Å². The SMILES string of the molecule is CCCCCCCCCCCCCCCCCCCCCCCCCCCCCCCCC/C=C/C(O)C(CO)NC(=O)CCCCCCCCCCCCCCCCCCCCCCCCCCCCCCCCCCCCCCCCC. The van der Waals surface area contributed by atoms with Crippen molar-refractivity contribution >= 4 is 5.91 Å². The van der Waals surface area contributed by atoms with Crippen LogP contribution in [0.2, 0.25) is 0 Å². The lowest BCUT2D eigenvalue weighted by Crippen LogP contribution is -2.45. The van der Waals surface area contributed by atoms with E-state index in [1.165, 1.54) is 430 Å². The molecule has 0 aromatic heterocycles. The van der Waals surface area contributed by atoms with Crippen molar-refractivity contribution in [3.63, 3.8) is 0 Å². The molecular formula is C80H159NO3. The van der Waals surface area contributed by atoms with Crippen LogP contribution >= 0.6 is 0 Å². The van der Waals surface area contributed by atoms with Crippen molar-refractivity contribution in [2.45, 2.75) is 488 Å². The van der Waals surface area contributed by atoms with Crippen LogP contribution in [0, 0.1) is 0 Å². The quantitative estimate of drug-likeness (QED) is 0.0420. The Morgan fingerprint density at radius 1 is 0.274 bits per heavy atom. The lowest BCUT2D eigenvalue weighted by molar-refractivity contribution is -0.123. The molecule has 0 aliphatic heterocycles. The van der Waals surface area contributed by atoms with Crippen molar-refractivity contribution in [1.29, 1.82) is 0 Å². The average molecular weight is 1180 g/mol. The maximum atomic E-state index is 12.6. The minimum Gasteiger partial charge on any atom is -0.394 e. The lowest BCUT2D eigenvalue weighted by Gasteiger charge is -2.20. The lowest BCUT2D eigenvalue weighted by atomic mass is 10.0. The highest BCUT2D eigenvalue weighted by molar-refractivity contribution is 5.76. The van der Waals surface area contributed by atoms with E-state index in [9.17, 15) is 15.0 Å². The minimum absolute atomic E-state index is 0.0516. The monoisotopic (exact) mass is 1180 g/mol. The molecule has 0 heterocycles. The van der Waals surface area contributed by atoms with Crippen LogP contribution in [0.15, 0.2) is 12.2 Å². The maximum Gasteiger partial charge on any atom is 0.220 e. The molecule has 0 aromatic carbocycles. The van der Waals surface area contributed by atoms with Gasteiger partial charge in [-0.3, -0.25) is 4.79 Å². The number of carbonyl (C=O) groups is 1. The zero-order chi connectivity index (χ0) is 60.5. The third kappa shape index (κ3) is 71.9. The zero-order valence-electron chi connectivity index (χ0n) is 58.2. The molecule has 4 nitrogen and oxygen atoms in total. The predicted molar refractivity (Wildman–Crippen MR) is 378 cm³/mol. The van der Waals surface area contributed by atoms with Crippen LogP contribution in [0.5, 0.6) is 0 Å².